The molecule has 0 fully saturated rings. The van der Waals surface area contributed by atoms with Gasteiger partial charge in [0.15, 0.2) is 0 Å². The molecule has 0 saturated heterocycles. The van der Waals surface area contributed by atoms with Crippen LogP contribution in [0.1, 0.15) is 4.88 Å². The number of rotatable bonds is 9. The Morgan fingerprint density at radius 1 is 1.53 bits per heavy atom. The van der Waals surface area contributed by atoms with Gasteiger partial charge in [0.2, 0.25) is 0 Å². The summed E-state index contributed by atoms with van der Waals surface area (Å²) in [5.74, 6) is 0. The summed E-state index contributed by atoms with van der Waals surface area (Å²) in [7, 11) is -0.0798. The summed E-state index contributed by atoms with van der Waals surface area (Å²) in [5, 5.41) is 3.00. The minimum absolute atomic E-state index is 0.283. The van der Waals surface area contributed by atoms with Gasteiger partial charge in [-0.3, -0.25) is 0 Å². The van der Waals surface area contributed by atoms with Crippen molar-refractivity contribution in [2.45, 2.75) is 10.8 Å². The minimum Gasteiger partial charge on any atom is -0.383 e. The van der Waals surface area contributed by atoms with Crippen molar-refractivity contribution < 1.29 is 13.2 Å². The molecule has 0 atom stereocenters. The van der Waals surface area contributed by atoms with Gasteiger partial charge in [0.25, 0.3) is 10.0 Å². The van der Waals surface area contributed by atoms with Crippen LogP contribution in [0.5, 0.6) is 0 Å². The summed E-state index contributed by atoms with van der Waals surface area (Å²) in [5.41, 5.74) is 0. The van der Waals surface area contributed by atoms with E-state index in [2.05, 4.69) is 11.9 Å². The van der Waals surface area contributed by atoms with Crippen LogP contribution >= 0.6 is 11.3 Å². The molecule has 0 spiro atoms. The summed E-state index contributed by atoms with van der Waals surface area (Å²) in [6.07, 6.45) is 1.58. The number of thiophene rings is 1. The highest BCUT2D eigenvalue weighted by atomic mass is 32.2. The molecule has 0 amide bonds. The molecule has 0 unspecified atom stereocenters. The van der Waals surface area contributed by atoms with Crippen molar-refractivity contribution in [3.63, 3.8) is 0 Å². The van der Waals surface area contributed by atoms with Gasteiger partial charge in [0.05, 0.1) is 6.61 Å². The van der Waals surface area contributed by atoms with Gasteiger partial charge in [-0.05, 0) is 19.2 Å². The molecule has 1 aromatic heterocycles. The SMILES string of the molecule is C=CCN(CCOC)S(=O)(=O)c1ccc(CNC)s1. The molecule has 1 heterocycles. The second-order valence-corrected chi connectivity index (χ2v) is 7.23. The molecule has 0 aliphatic rings. The summed E-state index contributed by atoms with van der Waals surface area (Å²) < 4.78 is 31.6. The standard InChI is InChI=1S/C12H20N2O3S2/c1-4-7-14(8-9-17-3)19(15,16)12-6-5-11(18-12)10-13-2/h4-6,13H,1,7-10H2,2-3H3. The third-order valence-corrected chi connectivity index (χ3v) is 5.88. The van der Waals surface area contributed by atoms with E-state index in [1.807, 2.05) is 13.1 Å². The number of hydrogen-bond donors (Lipinski definition) is 1. The first-order valence-electron chi connectivity index (χ1n) is 5.89. The number of nitrogens with zero attached hydrogens (tertiary/aromatic N) is 1. The lowest BCUT2D eigenvalue weighted by Crippen LogP contribution is -2.33. The molecule has 0 radical (unpaired) electrons. The summed E-state index contributed by atoms with van der Waals surface area (Å²) in [6, 6.07) is 3.48. The molecule has 1 N–H and O–H groups in total. The first-order valence-corrected chi connectivity index (χ1v) is 8.15. The Hall–Kier alpha value is -0.730. The zero-order valence-corrected chi connectivity index (χ0v) is 12.9. The maximum atomic E-state index is 12.5. The second kappa shape index (κ2) is 7.76. The van der Waals surface area contributed by atoms with Crippen LogP contribution < -0.4 is 5.32 Å². The predicted octanol–water partition coefficient (Wildman–Crippen LogP) is 1.29. The lowest BCUT2D eigenvalue weighted by atomic mass is 10.5. The Balaban J connectivity index is 2.93. The molecule has 1 rings (SSSR count). The average molecular weight is 304 g/mol. The van der Waals surface area contributed by atoms with Crippen LogP contribution in [-0.4, -0.2) is 46.6 Å². The quantitative estimate of drug-likeness (QED) is 0.699. The number of methoxy groups -OCH3 is 1. The number of hydrogen-bond acceptors (Lipinski definition) is 5. The topological polar surface area (TPSA) is 58.6 Å². The number of ether oxygens (including phenoxy) is 1. The monoisotopic (exact) mass is 304 g/mol. The molecular weight excluding hydrogens is 284 g/mol. The smallest absolute Gasteiger partial charge is 0.252 e. The molecule has 5 nitrogen and oxygen atoms in total. The first kappa shape index (κ1) is 16.3. The van der Waals surface area contributed by atoms with Gasteiger partial charge in [-0.1, -0.05) is 6.08 Å². The maximum Gasteiger partial charge on any atom is 0.252 e. The predicted molar refractivity (Wildman–Crippen MR) is 77.9 cm³/mol. The Morgan fingerprint density at radius 2 is 2.26 bits per heavy atom. The largest absolute Gasteiger partial charge is 0.383 e. The molecular formula is C12H20N2O3S2. The Kier molecular flexibility index (Phi) is 6.67. The molecule has 0 aliphatic heterocycles. The van der Waals surface area contributed by atoms with Crippen molar-refractivity contribution >= 4 is 21.4 Å². The lowest BCUT2D eigenvalue weighted by molar-refractivity contribution is 0.182. The highest BCUT2D eigenvalue weighted by Crippen LogP contribution is 2.24. The summed E-state index contributed by atoms with van der Waals surface area (Å²) in [6.45, 7) is 5.23. The van der Waals surface area contributed by atoms with Gasteiger partial charge in [0, 0.05) is 31.6 Å². The molecule has 0 aliphatic carbocycles. The third kappa shape index (κ3) is 4.39. The van der Waals surface area contributed by atoms with Crippen LogP contribution in [0.15, 0.2) is 29.0 Å². The third-order valence-electron chi connectivity index (χ3n) is 2.46. The van der Waals surface area contributed by atoms with Crippen molar-refractivity contribution in [1.29, 1.82) is 0 Å². The molecule has 0 aromatic carbocycles. The fraction of sp³-hybridized carbons (Fsp3) is 0.500. The fourth-order valence-electron chi connectivity index (χ4n) is 1.54. The van der Waals surface area contributed by atoms with Crippen LogP contribution in [0.25, 0.3) is 0 Å². The van der Waals surface area contributed by atoms with E-state index in [0.29, 0.717) is 23.9 Å². The van der Waals surface area contributed by atoms with Crippen LogP contribution in [0.2, 0.25) is 0 Å². The van der Waals surface area contributed by atoms with E-state index in [0.717, 1.165) is 4.88 Å². The summed E-state index contributed by atoms with van der Waals surface area (Å²) in [4.78, 5) is 0.992. The zero-order valence-electron chi connectivity index (χ0n) is 11.3. The van der Waals surface area contributed by atoms with E-state index in [9.17, 15) is 8.42 Å². The zero-order chi connectivity index (χ0) is 14.3. The van der Waals surface area contributed by atoms with Crippen LogP contribution in [0, 0.1) is 0 Å². The van der Waals surface area contributed by atoms with E-state index >= 15 is 0 Å². The van der Waals surface area contributed by atoms with Gasteiger partial charge in [0.1, 0.15) is 4.21 Å². The Morgan fingerprint density at radius 3 is 2.84 bits per heavy atom. The van der Waals surface area contributed by atoms with Gasteiger partial charge in [-0.2, -0.15) is 4.31 Å². The van der Waals surface area contributed by atoms with E-state index in [1.165, 1.54) is 15.6 Å². The van der Waals surface area contributed by atoms with Crippen LogP contribution in [0.4, 0.5) is 0 Å². The molecule has 0 saturated carbocycles. The Bertz CT molecular complexity index is 497. The highest BCUT2D eigenvalue weighted by molar-refractivity contribution is 7.91. The van der Waals surface area contributed by atoms with E-state index in [4.69, 9.17) is 4.74 Å². The summed E-state index contributed by atoms with van der Waals surface area (Å²) >= 11 is 1.28. The van der Waals surface area contributed by atoms with Crippen LogP contribution in [0.3, 0.4) is 0 Å². The van der Waals surface area contributed by atoms with E-state index in [-0.39, 0.29) is 6.54 Å². The normalized spacial score (nSPS) is 11.9. The fourth-order valence-corrected chi connectivity index (χ4v) is 4.46. The van der Waals surface area contributed by atoms with Gasteiger partial charge in [-0.15, -0.1) is 17.9 Å². The lowest BCUT2D eigenvalue weighted by Gasteiger charge is -2.19. The van der Waals surface area contributed by atoms with Crippen molar-refractivity contribution in [2.24, 2.45) is 0 Å². The average Bonchev–Trinajstić information content (AvgIpc) is 2.84. The molecule has 19 heavy (non-hydrogen) atoms. The molecule has 0 bridgehead atoms. The number of sulfonamides is 1. The molecule has 108 valence electrons. The van der Waals surface area contributed by atoms with Gasteiger partial charge in [-0.25, -0.2) is 8.42 Å². The van der Waals surface area contributed by atoms with E-state index < -0.39 is 10.0 Å². The van der Waals surface area contributed by atoms with Gasteiger partial charge < -0.3 is 10.1 Å². The molecule has 1 aromatic rings. The van der Waals surface area contributed by atoms with Gasteiger partial charge >= 0.3 is 0 Å². The van der Waals surface area contributed by atoms with Crippen LogP contribution in [-0.2, 0) is 21.3 Å². The Labute approximate surface area is 118 Å². The van der Waals surface area contributed by atoms with Crippen molar-refractivity contribution in [3.05, 3.63) is 29.7 Å². The van der Waals surface area contributed by atoms with Crippen molar-refractivity contribution in [1.82, 2.24) is 9.62 Å². The minimum atomic E-state index is -3.46. The van der Waals surface area contributed by atoms with E-state index in [1.54, 1.807) is 19.3 Å². The second-order valence-electron chi connectivity index (χ2n) is 3.90. The molecule has 7 heteroatoms. The highest BCUT2D eigenvalue weighted by Gasteiger charge is 2.24. The maximum absolute atomic E-state index is 12.5. The van der Waals surface area contributed by atoms with Crippen molar-refractivity contribution in [3.8, 4) is 0 Å². The van der Waals surface area contributed by atoms with Crippen molar-refractivity contribution in [2.75, 3.05) is 33.9 Å². The number of nitrogens with one attached hydrogen (secondary N) is 1. The first-order chi connectivity index (χ1) is 9.06.